The second-order valence-electron chi connectivity index (χ2n) is 4.37. The maximum atomic E-state index is 12.2. The second kappa shape index (κ2) is 4.71. The van der Waals surface area contributed by atoms with Gasteiger partial charge < -0.3 is 15.0 Å². The number of aromatic amines is 1. The van der Waals surface area contributed by atoms with Gasteiger partial charge in [0.05, 0.1) is 0 Å². The van der Waals surface area contributed by atoms with Crippen LogP contribution in [0.2, 0.25) is 0 Å². The second-order valence-corrected chi connectivity index (χ2v) is 4.37. The summed E-state index contributed by atoms with van der Waals surface area (Å²) >= 11 is 0. The van der Waals surface area contributed by atoms with Crippen LogP contribution in [-0.2, 0) is 11.8 Å². The zero-order chi connectivity index (χ0) is 14.2. The van der Waals surface area contributed by atoms with Gasteiger partial charge in [-0.05, 0) is 12.8 Å². The highest BCUT2D eigenvalue weighted by molar-refractivity contribution is 5.96. The Labute approximate surface area is 107 Å². The van der Waals surface area contributed by atoms with Crippen LogP contribution in [0.5, 0.6) is 0 Å². The predicted octanol–water partition coefficient (Wildman–Crippen LogP) is -1.24. The zero-order valence-electron chi connectivity index (χ0n) is 10.3. The van der Waals surface area contributed by atoms with Gasteiger partial charge in [0.1, 0.15) is 11.6 Å². The van der Waals surface area contributed by atoms with E-state index in [0.717, 1.165) is 15.7 Å². The van der Waals surface area contributed by atoms with E-state index in [9.17, 15) is 19.2 Å². The molecule has 0 radical (unpaired) electrons. The molecule has 102 valence electrons. The Morgan fingerprint density at radius 1 is 1.42 bits per heavy atom. The lowest BCUT2D eigenvalue weighted by molar-refractivity contribution is -0.141. The standard InChI is InChI=1S/C11H13N3O5/c1-13-8(15)6(5-12-11(13)19)9(16)14-4-2-3-7(14)10(17)18/h5,7H,2-4H2,1H3,(H,12,19)(H,17,18). The summed E-state index contributed by atoms with van der Waals surface area (Å²) < 4.78 is 0.777. The molecular formula is C11H13N3O5. The minimum absolute atomic E-state index is 0.227. The molecule has 1 saturated heterocycles. The number of aliphatic carboxylic acids is 1. The third kappa shape index (κ3) is 2.16. The number of aromatic nitrogens is 2. The molecule has 1 amide bonds. The van der Waals surface area contributed by atoms with Gasteiger partial charge >= 0.3 is 11.7 Å². The Hall–Kier alpha value is -2.38. The molecule has 0 aliphatic carbocycles. The van der Waals surface area contributed by atoms with E-state index in [1.54, 1.807) is 0 Å². The summed E-state index contributed by atoms with van der Waals surface area (Å²) in [5.74, 6) is -1.76. The smallest absolute Gasteiger partial charge is 0.328 e. The van der Waals surface area contributed by atoms with Crippen molar-refractivity contribution >= 4 is 11.9 Å². The van der Waals surface area contributed by atoms with Crippen LogP contribution in [0.15, 0.2) is 15.8 Å². The normalized spacial score (nSPS) is 18.6. The van der Waals surface area contributed by atoms with Gasteiger partial charge in [-0.15, -0.1) is 0 Å². The summed E-state index contributed by atoms with van der Waals surface area (Å²) in [7, 11) is 1.25. The van der Waals surface area contributed by atoms with Crippen LogP contribution >= 0.6 is 0 Å². The van der Waals surface area contributed by atoms with Crippen LogP contribution in [0.4, 0.5) is 0 Å². The molecule has 0 saturated carbocycles. The lowest BCUT2D eigenvalue weighted by Gasteiger charge is -2.20. The van der Waals surface area contributed by atoms with Crippen molar-refractivity contribution in [1.29, 1.82) is 0 Å². The number of carboxylic acids is 1. The van der Waals surface area contributed by atoms with Gasteiger partial charge in [0, 0.05) is 19.8 Å². The number of H-pyrrole nitrogens is 1. The highest BCUT2D eigenvalue weighted by Crippen LogP contribution is 2.18. The van der Waals surface area contributed by atoms with Gasteiger partial charge in [-0.2, -0.15) is 0 Å². The summed E-state index contributed by atoms with van der Waals surface area (Å²) in [4.78, 5) is 49.6. The van der Waals surface area contributed by atoms with Crippen molar-refractivity contribution in [1.82, 2.24) is 14.5 Å². The summed E-state index contributed by atoms with van der Waals surface area (Å²) in [5, 5.41) is 9.01. The Kier molecular flexibility index (Phi) is 3.24. The molecule has 2 N–H and O–H groups in total. The van der Waals surface area contributed by atoms with E-state index >= 15 is 0 Å². The highest BCUT2D eigenvalue weighted by Gasteiger charge is 2.35. The lowest BCUT2D eigenvalue weighted by Crippen LogP contribution is -2.44. The first-order valence-corrected chi connectivity index (χ1v) is 5.76. The quantitative estimate of drug-likeness (QED) is 0.696. The van der Waals surface area contributed by atoms with Gasteiger partial charge in [0.2, 0.25) is 0 Å². The fourth-order valence-corrected chi connectivity index (χ4v) is 2.14. The molecule has 8 nitrogen and oxygen atoms in total. The van der Waals surface area contributed by atoms with E-state index in [4.69, 9.17) is 5.11 Å². The fraction of sp³-hybridized carbons (Fsp3) is 0.455. The first-order chi connectivity index (χ1) is 8.93. The number of hydrogen-bond acceptors (Lipinski definition) is 4. The van der Waals surface area contributed by atoms with E-state index < -0.39 is 29.2 Å². The molecular weight excluding hydrogens is 254 g/mol. The van der Waals surface area contributed by atoms with Gasteiger partial charge in [0.25, 0.3) is 11.5 Å². The molecule has 0 bridgehead atoms. The summed E-state index contributed by atoms with van der Waals surface area (Å²) in [5.41, 5.74) is -1.59. The molecule has 1 aliphatic rings. The Morgan fingerprint density at radius 2 is 2.11 bits per heavy atom. The summed E-state index contributed by atoms with van der Waals surface area (Å²) in [6, 6.07) is -0.913. The van der Waals surface area contributed by atoms with Crippen molar-refractivity contribution in [3.63, 3.8) is 0 Å². The largest absolute Gasteiger partial charge is 0.480 e. The third-order valence-corrected chi connectivity index (χ3v) is 3.21. The van der Waals surface area contributed by atoms with Crippen molar-refractivity contribution in [2.24, 2.45) is 7.05 Å². The summed E-state index contributed by atoms with van der Waals surface area (Å²) in [6.07, 6.45) is 1.97. The molecule has 0 aromatic carbocycles. The van der Waals surface area contributed by atoms with Crippen molar-refractivity contribution in [2.75, 3.05) is 6.54 Å². The SMILES string of the molecule is Cn1c(=O)[nH]cc(C(=O)N2CCCC2C(=O)O)c1=O. The molecule has 0 spiro atoms. The minimum Gasteiger partial charge on any atom is -0.480 e. The Bertz CT molecular complexity index is 644. The molecule has 1 atom stereocenters. The Balaban J connectivity index is 2.40. The van der Waals surface area contributed by atoms with Gasteiger partial charge in [-0.25, -0.2) is 9.59 Å². The molecule has 1 aliphatic heterocycles. The molecule has 19 heavy (non-hydrogen) atoms. The average Bonchev–Trinajstić information content (AvgIpc) is 2.84. The number of amides is 1. The monoisotopic (exact) mass is 267 g/mol. The van der Waals surface area contributed by atoms with Crippen LogP contribution < -0.4 is 11.2 Å². The first kappa shape index (κ1) is 13.1. The van der Waals surface area contributed by atoms with Crippen molar-refractivity contribution < 1.29 is 14.7 Å². The average molecular weight is 267 g/mol. The van der Waals surface area contributed by atoms with Crippen molar-refractivity contribution in [2.45, 2.75) is 18.9 Å². The number of hydrogen-bond donors (Lipinski definition) is 2. The van der Waals surface area contributed by atoms with Gasteiger partial charge in [-0.3, -0.25) is 14.2 Å². The van der Waals surface area contributed by atoms with Crippen LogP contribution in [-0.4, -0.2) is 44.0 Å². The van der Waals surface area contributed by atoms with E-state index in [1.807, 2.05) is 0 Å². The highest BCUT2D eigenvalue weighted by atomic mass is 16.4. The molecule has 8 heteroatoms. The van der Waals surface area contributed by atoms with Gasteiger partial charge in [0.15, 0.2) is 0 Å². The number of carboxylic acid groups (broad SMARTS) is 1. The van der Waals surface area contributed by atoms with E-state index in [1.165, 1.54) is 7.05 Å². The predicted molar refractivity (Wildman–Crippen MR) is 64.0 cm³/mol. The zero-order valence-corrected chi connectivity index (χ0v) is 10.3. The van der Waals surface area contributed by atoms with E-state index in [-0.39, 0.29) is 12.1 Å². The van der Waals surface area contributed by atoms with Crippen LogP contribution in [0.1, 0.15) is 23.2 Å². The number of carbonyl (C=O) groups excluding carboxylic acids is 1. The third-order valence-electron chi connectivity index (χ3n) is 3.21. The van der Waals surface area contributed by atoms with Gasteiger partial charge in [-0.1, -0.05) is 0 Å². The molecule has 2 rings (SSSR count). The number of nitrogens with one attached hydrogen (secondary N) is 1. The lowest BCUT2D eigenvalue weighted by atomic mass is 10.2. The van der Waals surface area contributed by atoms with Crippen LogP contribution in [0.25, 0.3) is 0 Å². The maximum absolute atomic E-state index is 12.2. The number of likely N-dealkylation sites (tertiary alicyclic amines) is 1. The molecule has 1 aromatic heterocycles. The number of nitrogens with zero attached hydrogens (tertiary/aromatic N) is 2. The molecule has 1 unspecified atom stereocenters. The molecule has 1 aromatic rings. The molecule has 2 heterocycles. The van der Waals surface area contributed by atoms with Crippen molar-refractivity contribution in [3.8, 4) is 0 Å². The molecule has 1 fully saturated rings. The maximum Gasteiger partial charge on any atom is 0.328 e. The Morgan fingerprint density at radius 3 is 2.74 bits per heavy atom. The van der Waals surface area contributed by atoms with Crippen molar-refractivity contribution in [3.05, 3.63) is 32.6 Å². The topological polar surface area (TPSA) is 112 Å². The van der Waals surface area contributed by atoms with Crippen LogP contribution in [0, 0.1) is 0 Å². The number of carbonyl (C=O) groups is 2. The van der Waals surface area contributed by atoms with E-state index in [0.29, 0.717) is 12.8 Å². The number of rotatable bonds is 2. The first-order valence-electron chi connectivity index (χ1n) is 5.76. The van der Waals surface area contributed by atoms with E-state index in [2.05, 4.69) is 4.98 Å². The van der Waals surface area contributed by atoms with Crippen LogP contribution in [0.3, 0.4) is 0 Å². The fourth-order valence-electron chi connectivity index (χ4n) is 2.14. The summed E-state index contributed by atoms with van der Waals surface area (Å²) in [6.45, 7) is 0.290. The minimum atomic E-state index is -1.09.